The van der Waals surface area contributed by atoms with Gasteiger partial charge in [0.15, 0.2) is 0 Å². The first-order valence-electron chi connectivity index (χ1n) is 3.37. The van der Waals surface area contributed by atoms with E-state index in [2.05, 4.69) is 13.5 Å². The molecule has 0 aromatic heterocycles. The van der Waals surface area contributed by atoms with Crippen molar-refractivity contribution in [3.8, 4) is 0 Å². The fraction of sp³-hybridized carbons (Fsp3) is 0.571. The van der Waals surface area contributed by atoms with E-state index in [1.54, 1.807) is 0 Å². The average molecular weight is 142 g/mol. The maximum Gasteiger partial charge on any atom is 0.124 e. The Hall–Kier alpha value is -0.373. The van der Waals surface area contributed by atoms with Crippen LogP contribution in [0, 0.1) is 0 Å². The van der Waals surface area contributed by atoms with Crippen LogP contribution in [0.25, 0.3) is 0 Å². The third-order valence-electron chi connectivity index (χ3n) is 1.33. The molecular weight excluding hydrogens is 128 g/mol. The Morgan fingerprint density at radius 1 is 1.67 bits per heavy atom. The summed E-state index contributed by atoms with van der Waals surface area (Å²) in [4.78, 5) is 10.6. The molecule has 0 aromatic carbocycles. The summed E-state index contributed by atoms with van der Waals surface area (Å²) in [6.07, 6.45) is 3.15. The zero-order valence-corrected chi connectivity index (χ0v) is 8.24. The van der Waals surface area contributed by atoms with Gasteiger partial charge in [-0.1, -0.05) is 19.9 Å². The average Bonchev–Trinajstić information content (AvgIpc) is 1.82. The highest BCUT2D eigenvalue weighted by molar-refractivity contribution is 6.62. The van der Waals surface area contributed by atoms with E-state index in [0.717, 1.165) is 24.8 Å². The lowest BCUT2D eigenvalue weighted by Crippen LogP contribution is -1.99. The van der Waals surface area contributed by atoms with Gasteiger partial charge in [-0.25, -0.2) is 0 Å². The van der Waals surface area contributed by atoms with Crippen LogP contribution in [0.3, 0.4) is 0 Å². The van der Waals surface area contributed by atoms with Gasteiger partial charge in [0, 0.05) is 0 Å². The van der Waals surface area contributed by atoms with Crippen LogP contribution in [0.15, 0.2) is 12.2 Å². The first-order chi connectivity index (χ1) is 4.18. The fourth-order valence-corrected chi connectivity index (χ4v) is 0.816. The molecule has 2 heteroatoms. The maximum atomic E-state index is 10.6. The number of rotatable bonds is 4. The SMILES string of the molecule is C=C(CCCC)C(=O)[SiH3]. The molecule has 1 nitrogen and oxygen atoms in total. The summed E-state index contributed by atoms with van der Waals surface area (Å²) in [7, 11) is 0.631. The van der Waals surface area contributed by atoms with Gasteiger partial charge in [-0.05, 0) is 18.4 Å². The highest BCUT2D eigenvalue weighted by Crippen LogP contribution is 2.03. The fourth-order valence-electron chi connectivity index (χ4n) is 0.566. The van der Waals surface area contributed by atoms with Crippen LogP contribution in [0.2, 0.25) is 0 Å². The first-order valence-corrected chi connectivity index (χ1v) is 4.37. The molecule has 0 amide bonds. The van der Waals surface area contributed by atoms with Gasteiger partial charge < -0.3 is 4.79 Å². The first kappa shape index (κ1) is 8.63. The van der Waals surface area contributed by atoms with Crippen molar-refractivity contribution in [1.29, 1.82) is 0 Å². The van der Waals surface area contributed by atoms with Crippen molar-refractivity contribution < 1.29 is 4.79 Å². The summed E-state index contributed by atoms with van der Waals surface area (Å²) in [5.74, 6) is 0. The molecule has 0 heterocycles. The van der Waals surface area contributed by atoms with Gasteiger partial charge in [0.1, 0.15) is 5.41 Å². The molecule has 0 bridgehead atoms. The van der Waals surface area contributed by atoms with Crippen LogP contribution in [0.1, 0.15) is 26.2 Å². The molecule has 0 atom stereocenters. The normalized spacial score (nSPS) is 9.44. The van der Waals surface area contributed by atoms with Crippen LogP contribution in [0.4, 0.5) is 0 Å². The quantitative estimate of drug-likeness (QED) is 0.415. The largest absolute Gasteiger partial charge is 0.302 e. The minimum absolute atomic E-state index is 0.267. The molecule has 0 spiro atoms. The third-order valence-corrected chi connectivity index (χ3v) is 2.04. The van der Waals surface area contributed by atoms with E-state index in [0.29, 0.717) is 10.2 Å². The Labute approximate surface area is 59.6 Å². The maximum absolute atomic E-state index is 10.6. The number of hydrogen-bond acceptors (Lipinski definition) is 1. The topological polar surface area (TPSA) is 17.1 Å². The molecule has 0 radical (unpaired) electrons. The van der Waals surface area contributed by atoms with Crippen LogP contribution >= 0.6 is 0 Å². The minimum Gasteiger partial charge on any atom is -0.302 e. The summed E-state index contributed by atoms with van der Waals surface area (Å²) < 4.78 is 0. The molecule has 0 aliphatic carbocycles. The lowest BCUT2D eigenvalue weighted by Gasteiger charge is -1.96. The van der Waals surface area contributed by atoms with Gasteiger partial charge in [-0.15, -0.1) is 0 Å². The van der Waals surface area contributed by atoms with Crippen LogP contribution in [-0.2, 0) is 4.79 Å². The van der Waals surface area contributed by atoms with Crippen LogP contribution in [-0.4, -0.2) is 15.6 Å². The molecule has 0 saturated heterocycles. The standard InChI is InChI=1S/C7H14OSi/c1-3-4-5-6(2)7(8)9/h2-5H2,1,9H3. The molecule has 52 valence electrons. The van der Waals surface area contributed by atoms with E-state index in [1.807, 2.05) is 0 Å². The van der Waals surface area contributed by atoms with E-state index in [9.17, 15) is 4.79 Å². The summed E-state index contributed by atoms with van der Waals surface area (Å²) in [5.41, 5.74) is 0.823. The number of hydrogen-bond donors (Lipinski definition) is 0. The predicted molar refractivity (Wildman–Crippen MR) is 43.6 cm³/mol. The molecule has 9 heavy (non-hydrogen) atoms. The second-order valence-corrected chi connectivity index (χ2v) is 3.17. The van der Waals surface area contributed by atoms with Crippen molar-refractivity contribution in [2.24, 2.45) is 0 Å². The van der Waals surface area contributed by atoms with Gasteiger partial charge in [-0.3, -0.25) is 0 Å². The smallest absolute Gasteiger partial charge is 0.124 e. The zero-order valence-electron chi connectivity index (χ0n) is 6.24. The van der Waals surface area contributed by atoms with E-state index < -0.39 is 0 Å². The number of carbonyl (C=O) groups is 1. The van der Waals surface area contributed by atoms with Crippen LogP contribution in [0.5, 0.6) is 0 Å². The number of allylic oxidation sites excluding steroid dienone is 1. The van der Waals surface area contributed by atoms with Crippen molar-refractivity contribution in [2.45, 2.75) is 26.2 Å². The monoisotopic (exact) mass is 142 g/mol. The lowest BCUT2D eigenvalue weighted by atomic mass is 10.1. The molecule has 0 aliphatic heterocycles. The minimum atomic E-state index is 0.267. The Morgan fingerprint density at radius 3 is 2.56 bits per heavy atom. The highest BCUT2D eigenvalue weighted by atomic mass is 28.1. The van der Waals surface area contributed by atoms with E-state index in [1.165, 1.54) is 0 Å². The van der Waals surface area contributed by atoms with Gasteiger partial charge >= 0.3 is 0 Å². The Balaban J connectivity index is 3.39. The molecule has 0 saturated carbocycles. The second-order valence-electron chi connectivity index (χ2n) is 2.26. The highest BCUT2D eigenvalue weighted by Gasteiger charge is 1.96. The number of unbranched alkanes of at least 4 members (excludes halogenated alkanes) is 1. The molecule has 0 N–H and O–H groups in total. The Bertz CT molecular complexity index is 118. The molecular formula is C7H14OSi. The van der Waals surface area contributed by atoms with Crippen molar-refractivity contribution in [3.05, 3.63) is 12.2 Å². The number of carbonyl (C=O) groups excluding carboxylic acids is 1. The van der Waals surface area contributed by atoms with E-state index in [-0.39, 0.29) is 5.41 Å². The zero-order chi connectivity index (χ0) is 7.28. The Morgan fingerprint density at radius 2 is 2.22 bits per heavy atom. The summed E-state index contributed by atoms with van der Waals surface area (Å²) >= 11 is 0. The van der Waals surface area contributed by atoms with Crippen LogP contribution < -0.4 is 0 Å². The molecule has 0 unspecified atom stereocenters. The molecule has 0 aliphatic rings. The van der Waals surface area contributed by atoms with Crippen molar-refractivity contribution in [3.63, 3.8) is 0 Å². The van der Waals surface area contributed by atoms with Gasteiger partial charge in [0.2, 0.25) is 0 Å². The molecule has 0 fully saturated rings. The molecule has 0 rings (SSSR count). The van der Waals surface area contributed by atoms with Crippen molar-refractivity contribution in [2.75, 3.05) is 0 Å². The van der Waals surface area contributed by atoms with E-state index >= 15 is 0 Å². The van der Waals surface area contributed by atoms with Gasteiger partial charge in [0.05, 0.1) is 10.2 Å². The van der Waals surface area contributed by atoms with Gasteiger partial charge in [-0.2, -0.15) is 0 Å². The van der Waals surface area contributed by atoms with Crippen molar-refractivity contribution >= 4 is 15.6 Å². The summed E-state index contributed by atoms with van der Waals surface area (Å²) in [6.45, 7) is 5.79. The molecule has 0 aromatic rings. The summed E-state index contributed by atoms with van der Waals surface area (Å²) in [5, 5.41) is 0.267. The van der Waals surface area contributed by atoms with Crippen molar-refractivity contribution in [1.82, 2.24) is 0 Å². The lowest BCUT2D eigenvalue weighted by molar-refractivity contribution is -0.108. The third kappa shape index (κ3) is 4.15. The van der Waals surface area contributed by atoms with E-state index in [4.69, 9.17) is 0 Å². The summed E-state index contributed by atoms with van der Waals surface area (Å²) in [6, 6.07) is 0. The second kappa shape index (κ2) is 4.50. The predicted octanol–water partition coefficient (Wildman–Crippen LogP) is 0.625. The van der Waals surface area contributed by atoms with Gasteiger partial charge in [0.25, 0.3) is 0 Å². The Kier molecular flexibility index (Phi) is 4.31.